The van der Waals surface area contributed by atoms with Crippen molar-refractivity contribution in [3.63, 3.8) is 0 Å². The molecule has 1 aromatic carbocycles. The minimum absolute atomic E-state index is 0.0948. The van der Waals surface area contributed by atoms with Gasteiger partial charge in [-0.3, -0.25) is 14.7 Å². The summed E-state index contributed by atoms with van der Waals surface area (Å²) in [4.78, 5) is 33.0. The predicted molar refractivity (Wildman–Crippen MR) is 106 cm³/mol. The van der Waals surface area contributed by atoms with Gasteiger partial charge in [-0.05, 0) is 35.6 Å². The first-order valence-electron chi connectivity index (χ1n) is 8.59. The molecule has 0 atom stereocenters. The van der Waals surface area contributed by atoms with Gasteiger partial charge in [0.2, 0.25) is 0 Å². The van der Waals surface area contributed by atoms with Crippen molar-refractivity contribution >= 4 is 40.0 Å². The molecule has 3 heterocycles. The molecule has 0 unspecified atom stereocenters. The molecular formula is C19H15FN6O2S. The fraction of sp³-hybridized carbons (Fsp3) is 0.105. The highest BCUT2D eigenvalue weighted by Crippen LogP contribution is 2.21. The van der Waals surface area contributed by atoms with Crippen LogP contribution in [0.4, 0.5) is 10.2 Å². The number of carbonyl (C=O) groups excluding carboxylic acids is 2. The molecular weight excluding hydrogens is 395 g/mol. The summed E-state index contributed by atoms with van der Waals surface area (Å²) in [5.74, 6) is -0.858. The van der Waals surface area contributed by atoms with Crippen LogP contribution in [0.1, 0.15) is 32.0 Å². The minimum Gasteiger partial charge on any atom is -0.347 e. The minimum atomic E-state index is -0.446. The summed E-state index contributed by atoms with van der Waals surface area (Å²) in [7, 11) is 0. The summed E-state index contributed by atoms with van der Waals surface area (Å²) in [6, 6.07) is 6.32. The number of rotatable bonds is 5. The number of hydrogen-bond donors (Lipinski definition) is 3. The van der Waals surface area contributed by atoms with E-state index in [-0.39, 0.29) is 29.8 Å². The van der Waals surface area contributed by atoms with Crippen LogP contribution >= 0.6 is 11.3 Å². The van der Waals surface area contributed by atoms with Gasteiger partial charge in [0, 0.05) is 11.9 Å². The lowest BCUT2D eigenvalue weighted by Crippen LogP contribution is -2.24. The third kappa shape index (κ3) is 3.83. The standard InChI is InChI=1S/C19H15FN6O2S/c1-10-6-11(2-3-13(10)20)7-21-19(28)16-14-15(22-9-23-16)17(26-25-14)24-18(27)12-4-5-29-8-12/h2-6,8-9H,7H2,1H3,(H,21,28)(H2,24,25,26,27). The number of amides is 2. The predicted octanol–water partition coefficient (Wildman–Crippen LogP) is 3.04. The van der Waals surface area contributed by atoms with Gasteiger partial charge in [-0.25, -0.2) is 14.4 Å². The number of aromatic amines is 1. The number of aryl methyl sites for hydroxylation is 1. The molecule has 0 aliphatic heterocycles. The Kier molecular flexibility index (Phi) is 5.00. The molecule has 4 rings (SSSR count). The van der Waals surface area contributed by atoms with E-state index in [9.17, 15) is 14.0 Å². The Balaban J connectivity index is 1.53. The summed E-state index contributed by atoms with van der Waals surface area (Å²) >= 11 is 1.41. The largest absolute Gasteiger partial charge is 0.347 e. The molecule has 8 nitrogen and oxygen atoms in total. The number of H-pyrrole nitrogens is 1. The van der Waals surface area contributed by atoms with E-state index < -0.39 is 5.91 Å². The molecule has 0 fully saturated rings. The fourth-order valence-electron chi connectivity index (χ4n) is 2.75. The number of benzene rings is 1. The van der Waals surface area contributed by atoms with Crippen LogP contribution in [0.15, 0.2) is 41.4 Å². The number of nitrogens with zero attached hydrogens (tertiary/aromatic N) is 3. The maximum atomic E-state index is 13.4. The lowest BCUT2D eigenvalue weighted by molar-refractivity contribution is 0.0946. The molecule has 0 spiro atoms. The quantitative estimate of drug-likeness (QED) is 0.468. The van der Waals surface area contributed by atoms with E-state index in [0.29, 0.717) is 22.2 Å². The molecule has 0 aliphatic carbocycles. The summed E-state index contributed by atoms with van der Waals surface area (Å²) in [6.45, 7) is 1.87. The number of carbonyl (C=O) groups is 2. The van der Waals surface area contributed by atoms with Crippen molar-refractivity contribution in [2.24, 2.45) is 0 Å². The van der Waals surface area contributed by atoms with Crippen LogP contribution in [-0.2, 0) is 6.54 Å². The van der Waals surface area contributed by atoms with Crippen molar-refractivity contribution in [2.45, 2.75) is 13.5 Å². The molecule has 0 aliphatic rings. The van der Waals surface area contributed by atoms with E-state index in [1.165, 1.54) is 23.7 Å². The third-order valence-corrected chi connectivity index (χ3v) is 4.94. The van der Waals surface area contributed by atoms with Crippen LogP contribution < -0.4 is 10.6 Å². The van der Waals surface area contributed by atoms with Crippen molar-refractivity contribution < 1.29 is 14.0 Å². The van der Waals surface area contributed by atoms with Gasteiger partial charge >= 0.3 is 0 Å². The molecule has 0 bridgehead atoms. The second-order valence-electron chi connectivity index (χ2n) is 6.25. The number of fused-ring (bicyclic) bond motifs is 1. The summed E-state index contributed by atoms with van der Waals surface area (Å²) < 4.78 is 13.4. The van der Waals surface area contributed by atoms with Crippen LogP contribution in [0.2, 0.25) is 0 Å². The van der Waals surface area contributed by atoms with E-state index in [4.69, 9.17) is 0 Å². The second kappa shape index (κ2) is 7.76. The van der Waals surface area contributed by atoms with Gasteiger partial charge in [-0.1, -0.05) is 12.1 Å². The topological polar surface area (TPSA) is 113 Å². The normalized spacial score (nSPS) is 10.8. The van der Waals surface area contributed by atoms with Crippen molar-refractivity contribution in [1.29, 1.82) is 0 Å². The molecule has 29 heavy (non-hydrogen) atoms. The number of anilines is 1. The Morgan fingerprint density at radius 3 is 2.83 bits per heavy atom. The summed E-state index contributed by atoms with van der Waals surface area (Å²) in [6.07, 6.45) is 1.23. The zero-order chi connectivity index (χ0) is 20.4. The summed E-state index contributed by atoms with van der Waals surface area (Å²) in [5, 5.41) is 15.7. The Morgan fingerprint density at radius 1 is 1.21 bits per heavy atom. The fourth-order valence-corrected chi connectivity index (χ4v) is 3.39. The molecule has 146 valence electrons. The number of thiophene rings is 1. The highest BCUT2D eigenvalue weighted by Gasteiger charge is 2.19. The van der Waals surface area contributed by atoms with Crippen LogP contribution in [0.25, 0.3) is 11.0 Å². The van der Waals surface area contributed by atoms with E-state index in [0.717, 1.165) is 5.56 Å². The molecule has 0 radical (unpaired) electrons. The first kappa shape index (κ1) is 18.7. The number of halogens is 1. The van der Waals surface area contributed by atoms with E-state index in [2.05, 4.69) is 30.8 Å². The highest BCUT2D eigenvalue weighted by molar-refractivity contribution is 7.08. The second-order valence-corrected chi connectivity index (χ2v) is 7.03. The smallest absolute Gasteiger partial charge is 0.272 e. The van der Waals surface area contributed by atoms with E-state index >= 15 is 0 Å². The average molecular weight is 410 g/mol. The number of aromatic nitrogens is 4. The van der Waals surface area contributed by atoms with Gasteiger partial charge in [0.25, 0.3) is 11.8 Å². The van der Waals surface area contributed by atoms with Gasteiger partial charge in [0.15, 0.2) is 11.5 Å². The maximum absolute atomic E-state index is 13.4. The van der Waals surface area contributed by atoms with Crippen molar-refractivity contribution in [1.82, 2.24) is 25.5 Å². The molecule has 10 heteroatoms. The Bertz CT molecular complexity index is 1200. The lowest BCUT2D eigenvalue weighted by atomic mass is 10.1. The maximum Gasteiger partial charge on any atom is 0.272 e. The molecule has 3 aromatic heterocycles. The first-order chi connectivity index (χ1) is 14.0. The van der Waals surface area contributed by atoms with Crippen LogP contribution in [0, 0.1) is 12.7 Å². The molecule has 0 saturated heterocycles. The van der Waals surface area contributed by atoms with Crippen LogP contribution in [0.5, 0.6) is 0 Å². The van der Waals surface area contributed by atoms with E-state index in [1.54, 1.807) is 35.9 Å². The first-order valence-corrected chi connectivity index (χ1v) is 9.53. The highest BCUT2D eigenvalue weighted by atomic mass is 32.1. The number of nitrogens with one attached hydrogen (secondary N) is 3. The third-order valence-electron chi connectivity index (χ3n) is 4.26. The van der Waals surface area contributed by atoms with Gasteiger partial charge in [-0.2, -0.15) is 16.4 Å². The zero-order valence-electron chi connectivity index (χ0n) is 15.2. The molecule has 0 saturated carbocycles. The van der Waals surface area contributed by atoms with Crippen LogP contribution in [-0.4, -0.2) is 32.0 Å². The molecule has 4 aromatic rings. The lowest BCUT2D eigenvalue weighted by Gasteiger charge is -2.07. The van der Waals surface area contributed by atoms with Crippen molar-refractivity contribution in [3.8, 4) is 0 Å². The SMILES string of the molecule is Cc1cc(CNC(=O)c2ncnc3c(NC(=O)c4ccsc4)n[nH]c23)ccc1F. The van der Waals surface area contributed by atoms with Gasteiger partial charge in [0.1, 0.15) is 23.2 Å². The molecule has 2 amide bonds. The van der Waals surface area contributed by atoms with Gasteiger partial charge < -0.3 is 10.6 Å². The van der Waals surface area contributed by atoms with Gasteiger partial charge in [-0.15, -0.1) is 0 Å². The Morgan fingerprint density at radius 2 is 2.07 bits per heavy atom. The van der Waals surface area contributed by atoms with E-state index in [1.807, 2.05) is 0 Å². The average Bonchev–Trinajstić information content (AvgIpc) is 3.39. The van der Waals surface area contributed by atoms with Gasteiger partial charge in [0.05, 0.1) is 5.56 Å². The van der Waals surface area contributed by atoms with Crippen molar-refractivity contribution in [2.75, 3.05) is 5.32 Å². The van der Waals surface area contributed by atoms with Crippen molar-refractivity contribution in [3.05, 3.63) is 69.6 Å². The monoisotopic (exact) mass is 410 g/mol. The number of hydrogen-bond acceptors (Lipinski definition) is 6. The van der Waals surface area contributed by atoms with Crippen LogP contribution in [0.3, 0.4) is 0 Å². The Labute approximate surface area is 168 Å². The summed E-state index contributed by atoms with van der Waals surface area (Å²) in [5.41, 5.74) is 2.49. The molecule has 3 N–H and O–H groups in total. The zero-order valence-corrected chi connectivity index (χ0v) is 16.0. The Hall–Kier alpha value is -3.66.